The molecule has 0 bridgehead atoms. The largest absolute Gasteiger partial charge is 0.506 e. The first-order valence-electron chi connectivity index (χ1n) is 5.40. The molecule has 0 radical (unpaired) electrons. The zero-order valence-corrected chi connectivity index (χ0v) is 10.9. The second-order valence-corrected chi connectivity index (χ2v) is 4.88. The van der Waals surface area contributed by atoms with Gasteiger partial charge in [0.05, 0.1) is 4.83 Å². The van der Waals surface area contributed by atoms with Crippen LogP contribution in [0.4, 0.5) is 0 Å². The van der Waals surface area contributed by atoms with Crippen LogP contribution in [0.2, 0.25) is 0 Å². The van der Waals surface area contributed by atoms with Crippen LogP contribution in [0.25, 0.3) is 10.9 Å². The summed E-state index contributed by atoms with van der Waals surface area (Å²) in [7, 11) is 0. The fourth-order valence-electron chi connectivity index (χ4n) is 1.73. The first-order chi connectivity index (χ1) is 8.15. The monoisotopic (exact) mass is 293 g/mol. The number of fused-ring (bicyclic) bond motifs is 1. The molecule has 0 saturated heterocycles. The van der Waals surface area contributed by atoms with Crippen molar-refractivity contribution in [3.8, 4) is 5.75 Å². The number of pyridine rings is 1. The number of rotatable bonds is 3. The molecule has 88 valence electrons. The summed E-state index contributed by atoms with van der Waals surface area (Å²) in [6.45, 7) is 1.94. The van der Waals surface area contributed by atoms with E-state index >= 15 is 0 Å². The molecule has 0 aliphatic carbocycles. The number of alkyl halides is 1. The Balaban J connectivity index is 2.63. The Bertz CT molecular complexity index is 568. The molecule has 0 saturated carbocycles. The number of phenolic OH excluding ortho intramolecular Hbond substituents is 1. The second-order valence-electron chi connectivity index (χ2n) is 3.77. The van der Waals surface area contributed by atoms with Crippen molar-refractivity contribution < 1.29 is 9.90 Å². The Hall–Kier alpha value is -1.42. The van der Waals surface area contributed by atoms with Gasteiger partial charge >= 0.3 is 0 Å². The Morgan fingerprint density at radius 2 is 2.24 bits per heavy atom. The molecule has 1 heterocycles. The highest BCUT2D eigenvalue weighted by Gasteiger charge is 2.18. The topological polar surface area (TPSA) is 50.2 Å². The summed E-state index contributed by atoms with van der Waals surface area (Å²) in [5, 5.41) is 10.4. The van der Waals surface area contributed by atoms with Crippen molar-refractivity contribution in [2.24, 2.45) is 0 Å². The van der Waals surface area contributed by atoms with Crippen LogP contribution in [-0.4, -0.2) is 20.7 Å². The van der Waals surface area contributed by atoms with E-state index in [1.165, 1.54) is 6.07 Å². The van der Waals surface area contributed by atoms with Crippen molar-refractivity contribution >= 4 is 32.6 Å². The fraction of sp³-hybridized carbons (Fsp3) is 0.231. The molecule has 17 heavy (non-hydrogen) atoms. The molecular formula is C13H12BrNO2. The van der Waals surface area contributed by atoms with Gasteiger partial charge in [-0.15, -0.1) is 0 Å². The van der Waals surface area contributed by atoms with E-state index in [-0.39, 0.29) is 16.4 Å². The number of hydrogen-bond acceptors (Lipinski definition) is 3. The first-order valence-corrected chi connectivity index (χ1v) is 6.31. The number of nitrogens with zero attached hydrogens (tertiary/aromatic N) is 1. The number of phenols is 1. The Labute approximate surface area is 108 Å². The second kappa shape index (κ2) is 4.84. The van der Waals surface area contributed by atoms with Crippen molar-refractivity contribution in [2.45, 2.75) is 18.2 Å². The number of aromatic hydroxyl groups is 1. The van der Waals surface area contributed by atoms with Gasteiger partial charge < -0.3 is 5.11 Å². The van der Waals surface area contributed by atoms with Crippen LogP contribution in [0.15, 0.2) is 30.5 Å². The quantitative estimate of drug-likeness (QED) is 0.698. The smallest absolute Gasteiger partial charge is 0.177 e. The molecule has 1 N–H and O–H groups in total. The summed E-state index contributed by atoms with van der Waals surface area (Å²) >= 11 is 3.35. The van der Waals surface area contributed by atoms with E-state index in [0.717, 1.165) is 6.42 Å². The fourth-order valence-corrected chi connectivity index (χ4v) is 1.97. The molecule has 1 aromatic carbocycles. The molecule has 0 fully saturated rings. The van der Waals surface area contributed by atoms with Crippen molar-refractivity contribution in [1.29, 1.82) is 0 Å². The summed E-state index contributed by atoms with van der Waals surface area (Å²) < 4.78 is 0. The maximum atomic E-state index is 12.1. The lowest BCUT2D eigenvalue weighted by Crippen LogP contribution is -2.13. The zero-order valence-electron chi connectivity index (χ0n) is 9.35. The number of Topliss-reactive ketones (excluding diaryl/α,β-unsaturated/α-hetero) is 1. The summed E-state index contributed by atoms with van der Waals surface area (Å²) in [6.07, 6.45) is 2.32. The predicted octanol–water partition coefficient (Wildman–Crippen LogP) is 3.30. The van der Waals surface area contributed by atoms with Gasteiger partial charge in [0.25, 0.3) is 0 Å². The third-order valence-electron chi connectivity index (χ3n) is 2.66. The average Bonchev–Trinajstić information content (AvgIpc) is 2.38. The van der Waals surface area contributed by atoms with E-state index in [2.05, 4.69) is 20.9 Å². The van der Waals surface area contributed by atoms with Crippen LogP contribution in [0, 0.1) is 0 Å². The molecule has 3 nitrogen and oxygen atoms in total. The van der Waals surface area contributed by atoms with E-state index in [1.807, 2.05) is 6.92 Å². The Morgan fingerprint density at radius 1 is 1.47 bits per heavy atom. The standard InChI is InChI=1S/C13H12BrNO2/c1-2-10(14)13(17)9-5-6-11(16)12-8(9)4-3-7-15-12/h3-7,10,16H,2H2,1H3. The van der Waals surface area contributed by atoms with Crippen molar-refractivity contribution in [2.75, 3.05) is 0 Å². The van der Waals surface area contributed by atoms with E-state index in [0.29, 0.717) is 16.5 Å². The van der Waals surface area contributed by atoms with Gasteiger partial charge in [-0.25, -0.2) is 0 Å². The summed E-state index contributed by atoms with van der Waals surface area (Å²) in [4.78, 5) is 16.0. The van der Waals surface area contributed by atoms with E-state index in [4.69, 9.17) is 0 Å². The molecule has 0 aliphatic heterocycles. The van der Waals surface area contributed by atoms with Crippen LogP contribution < -0.4 is 0 Å². The van der Waals surface area contributed by atoms with Crippen molar-refractivity contribution in [3.63, 3.8) is 0 Å². The minimum atomic E-state index is -0.199. The van der Waals surface area contributed by atoms with Gasteiger partial charge in [0.2, 0.25) is 0 Å². The molecule has 0 aliphatic rings. The van der Waals surface area contributed by atoms with Crippen LogP contribution in [-0.2, 0) is 0 Å². The number of hydrogen-bond donors (Lipinski definition) is 1. The molecule has 0 amide bonds. The zero-order chi connectivity index (χ0) is 12.4. The summed E-state index contributed by atoms with van der Waals surface area (Å²) in [5.74, 6) is 0.116. The summed E-state index contributed by atoms with van der Waals surface area (Å²) in [6, 6.07) is 6.71. The van der Waals surface area contributed by atoms with E-state index in [1.54, 1.807) is 24.4 Å². The van der Waals surface area contributed by atoms with Crippen molar-refractivity contribution in [1.82, 2.24) is 4.98 Å². The molecule has 1 atom stereocenters. The predicted molar refractivity (Wildman–Crippen MR) is 70.7 cm³/mol. The van der Waals surface area contributed by atoms with Crippen LogP contribution >= 0.6 is 15.9 Å². The lowest BCUT2D eigenvalue weighted by Gasteiger charge is -2.09. The van der Waals surface area contributed by atoms with Gasteiger partial charge in [-0.3, -0.25) is 9.78 Å². The number of benzene rings is 1. The maximum absolute atomic E-state index is 12.1. The molecule has 4 heteroatoms. The maximum Gasteiger partial charge on any atom is 0.177 e. The third-order valence-corrected chi connectivity index (χ3v) is 3.72. The van der Waals surface area contributed by atoms with Gasteiger partial charge in [0.1, 0.15) is 11.3 Å². The highest BCUT2D eigenvalue weighted by atomic mass is 79.9. The minimum absolute atomic E-state index is 0.0190. The lowest BCUT2D eigenvalue weighted by atomic mass is 10.0. The molecular weight excluding hydrogens is 282 g/mol. The Morgan fingerprint density at radius 3 is 2.94 bits per heavy atom. The van der Waals surface area contributed by atoms with E-state index < -0.39 is 0 Å². The van der Waals surface area contributed by atoms with Gasteiger partial charge in [-0.05, 0) is 24.6 Å². The van der Waals surface area contributed by atoms with Gasteiger partial charge in [0.15, 0.2) is 5.78 Å². The van der Waals surface area contributed by atoms with Crippen molar-refractivity contribution in [3.05, 3.63) is 36.0 Å². The van der Waals surface area contributed by atoms with Crippen LogP contribution in [0.1, 0.15) is 23.7 Å². The van der Waals surface area contributed by atoms with E-state index in [9.17, 15) is 9.90 Å². The van der Waals surface area contributed by atoms with Gasteiger partial charge in [-0.2, -0.15) is 0 Å². The highest BCUT2D eigenvalue weighted by Crippen LogP contribution is 2.27. The number of aromatic nitrogens is 1. The highest BCUT2D eigenvalue weighted by molar-refractivity contribution is 9.10. The Kier molecular flexibility index (Phi) is 3.43. The van der Waals surface area contributed by atoms with Gasteiger partial charge in [-0.1, -0.05) is 28.9 Å². The number of halogens is 1. The summed E-state index contributed by atoms with van der Waals surface area (Å²) in [5.41, 5.74) is 1.06. The lowest BCUT2D eigenvalue weighted by molar-refractivity contribution is 0.0992. The SMILES string of the molecule is CCC(Br)C(=O)c1ccc(O)c2ncccc12. The normalized spacial score (nSPS) is 12.6. The molecule has 0 spiro atoms. The third kappa shape index (κ3) is 2.17. The molecule has 2 rings (SSSR count). The number of carbonyl (C=O) groups is 1. The first kappa shape index (κ1) is 12.0. The van der Waals surface area contributed by atoms with Crippen LogP contribution in [0.5, 0.6) is 5.75 Å². The van der Waals surface area contributed by atoms with Gasteiger partial charge in [0, 0.05) is 17.1 Å². The molecule has 1 unspecified atom stereocenters. The number of ketones is 1. The average molecular weight is 294 g/mol. The number of carbonyl (C=O) groups excluding carboxylic acids is 1. The molecule has 2 aromatic rings. The molecule has 1 aromatic heterocycles. The minimum Gasteiger partial charge on any atom is -0.506 e. The van der Waals surface area contributed by atoms with Crippen LogP contribution in [0.3, 0.4) is 0 Å².